The van der Waals surface area contributed by atoms with E-state index in [1.54, 1.807) is 25.3 Å². The lowest BCUT2D eigenvalue weighted by Crippen LogP contribution is -2.33. The molecule has 3 N–H and O–H groups in total. The van der Waals surface area contributed by atoms with Crippen LogP contribution in [0.4, 0.5) is 0 Å². The lowest BCUT2D eigenvalue weighted by Gasteiger charge is -2.14. The summed E-state index contributed by atoms with van der Waals surface area (Å²) >= 11 is 3.34. The molecule has 1 saturated carbocycles. The van der Waals surface area contributed by atoms with Crippen molar-refractivity contribution >= 4 is 21.8 Å². The minimum absolute atomic E-state index is 0.0591. The Morgan fingerprint density at radius 2 is 2.25 bits per heavy atom. The lowest BCUT2D eigenvalue weighted by molar-refractivity contribution is 0.0903. The molecule has 110 valence electrons. The summed E-state index contributed by atoms with van der Waals surface area (Å²) in [5, 5.41) is 21.7. The fourth-order valence-electron chi connectivity index (χ4n) is 2.49. The number of methoxy groups -OCH3 is 1. The van der Waals surface area contributed by atoms with Gasteiger partial charge in [0.25, 0.3) is 5.91 Å². The highest BCUT2D eigenvalue weighted by Crippen LogP contribution is 2.27. The maximum atomic E-state index is 12.3. The van der Waals surface area contributed by atoms with E-state index >= 15 is 0 Å². The van der Waals surface area contributed by atoms with E-state index in [1.807, 2.05) is 0 Å². The standard InChI is InChI=1S/C14H18BrNO4/c1-20-10-2-3-12(15)11(6-10)14(19)16-9-4-8(7-17)13(18)5-9/h2-3,6,8-9,13,17-18H,4-5,7H2,1H3,(H,16,19)/t8-,9+,13+/m0/s1. The van der Waals surface area contributed by atoms with E-state index in [2.05, 4.69) is 21.2 Å². The maximum Gasteiger partial charge on any atom is 0.252 e. The largest absolute Gasteiger partial charge is 0.497 e. The number of carbonyl (C=O) groups excluding carboxylic acids is 1. The van der Waals surface area contributed by atoms with Crippen molar-refractivity contribution in [1.82, 2.24) is 5.32 Å². The molecule has 0 unspecified atom stereocenters. The summed E-state index contributed by atoms with van der Waals surface area (Å²) in [6.07, 6.45) is 0.503. The van der Waals surface area contributed by atoms with Crippen LogP contribution in [0.25, 0.3) is 0 Å². The van der Waals surface area contributed by atoms with Crippen molar-refractivity contribution in [1.29, 1.82) is 0 Å². The molecular formula is C14H18BrNO4. The molecule has 1 amide bonds. The molecule has 0 saturated heterocycles. The minimum atomic E-state index is -0.556. The van der Waals surface area contributed by atoms with Gasteiger partial charge in [0.2, 0.25) is 0 Å². The van der Waals surface area contributed by atoms with E-state index in [0.29, 0.717) is 28.6 Å². The molecule has 6 heteroatoms. The van der Waals surface area contributed by atoms with Crippen molar-refractivity contribution in [2.75, 3.05) is 13.7 Å². The van der Waals surface area contributed by atoms with Crippen molar-refractivity contribution in [3.8, 4) is 5.75 Å². The van der Waals surface area contributed by atoms with Gasteiger partial charge in [-0.1, -0.05) is 0 Å². The van der Waals surface area contributed by atoms with Crippen LogP contribution in [0, 0.1) is 5.92 Å². The molecule has 0 bridgehead atoms. The molecule has 1 aromatic carbocycles. The van der Waals surface area contributed by atoms with Gasteiger partial charge in [-0.3, -0.25) is 4.79 Å². The Morgan fingerprint density at radius 1 is 1.50 bits per heavy atom. The van der Waals surface area contributed by atoms with Gasteiger partial charge in [-0.25, -0.2) is 0 Å². The summed E-state index contributed by atoms with van der Waals surface area (Å²) in [6, 6.07) is 5.07. The smallest absolute Gasteiger partial charge is 0.252 e. The molecule has 0 aliphatic heterocycles. The Kier molecular flexibility index (Phi) is 5.01. The third kappa shape index (κ3) is 3.31. The minimum Gasteiger partial charge on any atom is -0.497 e. The van der Waals surface area contributed by atoms with Crippen molar-refractivity contribution in [3.63, 3.8) is 0 Å². The molecule has 2 rings (SSSR count). The maximum absolute atomic E-state index is 12.3. The third-order valence-corrected chi connectivity index (χ3v) is 4.34. The van der Waals surface area contributed by atoms with E-state index in [9.17, 15) is 9.90 Å². The zero-order valence-electron chi connectivity index (χ0n) is 11.2. The number of hydrogen-bond acceptors (Lipinski definition) is 4. The van der Waals surface area contributed by atoms with Crippen LogP contribution in [0.1, 0.15) is 23.2 Å². The van der Waals surface area contributed by atoms with Crippen molar-refractivity contribution < 1.29 is 19.7 Å². The van der Waals surface area contributed by atoms with E-state index in [4.69, 9.17) is 9.84 Å². The van der Waals surface area contributed by atoms with Crippen LogP contribution < -0.4 is 10.1 Å². The summed E-state index contributed by atoms with van der Waals surface area (Å²) in [7, 11) is 1.55. The Balaban J connectivity index is 2.06. The van der Waals surface area contributed by atoms with Crippen LogP contribution in [0.3, 0.4) is 0 Å². The normalized spacial score (nSPS) is 25.5. The first kappa shape index (κ1) is 15.3. The van der Waals surface area contributed by atoms with Gasteiger partial charge in [0.05, 0.1) is 18.8 Å². The van der Waals surface area contributed by atoms with Crippen LogP contribution in [0.15, 0.2) is 22.7 Å². The van der Waals surface area contributed by atoms with Gasteiger partial charge in [-0.15, -0.1) is 0 Å². The Labute approximate surface area is 126 Å². The fraction of sp³-hybridized carbons (Fsp3) is 0.500. The number of halogens is 1. The van der Waals surface area contributed by atoms with Crippen LogP contribution in [0.5, 0.6) is 5.75 Å². The van der Waals surface area contributed by atoms with E-state index in [-0.39, 0.29) is 24.5 Å². The fourth-order valence-corrected chi connectivity index (χ4v) is 2.91. The van der Waals surface area contributed by atoms with Gasteiger partial charge >= 0.3 is 0 Å². The molecule has 1 fully saturated rings. The Bertz CT molecular complexity index is 494. The first-order chi connectivity index (χ1) is 9.55. The zero-order chi connectivity index (χ0) is 14.7. The topological polar surface area (TPSA) is 78.8 Å². The van der Waals surface area contributed by atoms with Gasteiger partial charge in [0, 0.05) is 23.0 Å². The number of hydrogen-bond donors (Lipinski definition) is 3. The first-order valence-corrected chi connectivity index (χ1v) is 7.27. The highest BCUT2D eigenvalue weighted by molar-refractivity contribution is 9.10. The van der Waals surface area contributed by atoms with Crippen LogP contribution in [-0.4, -0.2) is 42.0 Å². The van der Waals surface area contributed by atoms with Gasteiger partial charge < -0.3 is 20.3 Å². The first-order valence-electron chi connectivity index (χ1n) is 6.48. The van der Waals surface area contributed by atoms with Crippen molar-refractivity contribution in [2.24, 2.45) is 5.92 Å². The number of nitrogens with one attached hydrogen (secondary N) is 1. The SMILES string of the molecule is COc1ccc(Br)c(C(=O)N[C@@H]2C[C@@H](CO)[C@H](O)C2)c1. The van der Waals surface area contributed by atoms with E-state index in [1.165, 1.54) is 0 Å². The number of amides is 1. The predicted octanol–water partition coefficient (Wildman–Crippen LogP) is 1.32. The highest BCUT2D eigenvalue weighted by Gasteiger charge is 2.33. The molecule has 1 aliphatic rings. The number of ether oxygens (including phenoxy) is 1. The van der Waals surface area contributed by atoms with Gasteiger partial charge in [0.15, 0.2) is 0 Å². The molecule has 3 atom stereocenters. The summed E-state index contributed by atoms with van der Waals surface area (Å²) in [6.45, 7) is -0.0591. The third-order valence-electron chi connectivity index (χ3n) is 3.65. The summed E-state index contributed by atoms with van der Waals surface area (Å²) in [5.41, 5.74) is 0.492. The van der Waals surface area contributed by atoms with Crippen molar-refractivity contribution in [3.05, 3.63) is 28.2 Å². The number of carbonyl (C=O) groups is 1. The summed E-state index contributed by atoms with van der Waals surface area (Å²) in [4.78, 5) is 12.3. The summed E-state index contributed by atoms with van der Waals surface area (Å²) in [5.74, 6) is 0.235. The van der Waals surface area contributed by atoms with Crippen LogP contribution in [-0.2, 0) is 0 Å². The molecule has 1 aliphatic carbocycles. The second-order valence-electron chi connectivity index (χ2n) is 5.00. The number of benzene rings is 1. The Morgan fingerprint density at radius 3 is 2.85 bits per heavy atom. The molecular weight excluding hydrogens is 326 g/mol. The second-order valence-corrected chi connectivity index (χ2v) is 5.85. The molecule has 1 aromatic rings. The van der Waals surface area contributed by atoms with Crippen LogP contribution >= 0.6 is 15.9 Å². The molecule has 0 heterocycles. The monoisotopic (exact) mass is 343 g/mol. The van der Waals surface area contributed by atoms with Gasteiger partial charge in [-0.2, -0.15) is 0 Å². The second kappa shape index (κ2) is 6.56. The summed E-state index contributed by atoms with van der Waals surface area (Å²) < 4.78 is 5.80. The average Bonchev–Trinajstić information content (AvgIpc) is 2.79. The predicted molar refractivity (Wildman–Crippen MR) is 77.8 cm³/mol. The molecule has 5 nitrogen and oxygen atoms in total. The molecule has 0 spiro atoms. The number of aliphatic hydroxyl groups is 2. The quantitative estimate of drug-likeness (QED) is 0.770. The number of aliphatic hydroxyl groups excluding tert-OH is 2. The lowest BCUT2D eigenvalue weighted by atomic mass is 10.1. The molecule has 20 heavy (non-hydrogen) atoms. The average molecular weight is 344 g/mol. The number of rotatable bonds is 4. The highest BCUT2D eigenvalue weighted by atomic mass is 79.9. The molecule has 0 aromatic heterocycles. The van der Waals surface area contributed by atoms with Crippen LogP contribution in [0.2, 0.25) is 0 Å². The van der Waals surface area contributed by atoms with Crippen molar-refractivity contribution in [2.45, 2.75) is 25.0 Å². The van der Waals surface area contributed by atoms with E-state index < -0.39 is 6.10 Å². The van der Waals surface area contributed by atoms with Gasteiger partial charge in [-0.05, 0) is 47.0 Å². The van der Waals surface area contributed by atoms with Gasteiger partial charge in [0.1, 0.15) is 5.75 Å². The zero-order valence-corrected chi connectivity index (χ0v) is 12.8. The van der Waals surface area contributed by atoms with E-state index in [0.717, 1.165) is 0 Å². The molecule has 0 radical (unpaired) electrons. The Hall–Kier alpha value is -1.11.